The van der Waals surface area contributed by atoms with E-state index < -0.39 is 11.5 Å². The smallest absolute Gasteiger partial charge is 0.305 e. The van der Waals surface area contributed by atoms with E-state index in [1.807, 2.05) is 50.5 Å². The summed E-state index contributed by atoms with van der Waals surface area (Å²) in [7, 11) is 5.74. The number of esters is 1. The molecule has 0 fully saturated rings. The van der Waals surface area contributed by atoms with Gasteiger partial charge < -0.3 is 19.5 Å². The molecule has 0 spiro atoms. The van der Waals surface area contributed by atoms with E-state index in [1.54, 1.807) is 7.11 Å². The number of unbranched alkanes of at least 4 members (excludes halogenated alkanes) is 6. The molecule has 2 atom stereocenters. The van der Waals surface area contributed by atoms with Crippen LogP contribution in [0.5, 0.6) is 5.88 Å². The topological polar surface area (TPSA) is 71.9 Å². The quantitative estimate of drug-likeness (QED) is 0.0648. The molecule has 0 bridgehead atoms. The Kier molecular flexibility index (Phi) is 14.0. The van der Waals surface area contributed by atoms with Crippen molar-refractivity contribution in [3.63, 3.8) is 0 Å². The molecular weight excluding hydrogens is 633 g/mol. The molecule has 0 aliphatic rings. The van der Waals surface area contributed by atoms with Gasteiger partial charge in [-0.15, -0.1) is 0 Å². The van der Waals surface area contributed by atoms with Gasteiger partial charge in [-0.25, -0.2) is 4.98 Å². The summed E-state index contributed by atoms with van der Waals surface area (Å²) in [6.45, 7) is 3.36. The van der Waals surface area contributed by atoms with Crippen LogP contribution in [0.3, 0.4) is 0 Å². The molecule has 5 rings (SSSR count). The summed E-state index contributed by atoms with van der Waals surface area (Å²) in [4.78, 5) is 19.3. The minimum atomic E-state index is -1.29. The van der Waals surface area contributed by atoms with E-state index in [4.69, 9.17) is 14.5 Å². The highest BCUT2D eigenvalue weighted by atomic mass is 16.5. The molecule has 1 aromatic heterocycles. The highest BCUT2D eigenvalue weighted by molar-refractivity contribution is 5.87. The Morgan fingerprint density at radius 1 is 0.824 bits per heavy atom. The van der Waals surface area contributed by atoms with Crippen molar-refractivity contribution in [3.05, 3.63) is 119 Å². The van der Waals surface area contributed by atoms with E-state index in [0.717, 1.165) is 70.5 Å². The van der Waals surface area contributed by atoms with Gasteiger partial charge in [-0.2, -0.15) is 0 Å². The number of pyridine rings is 1. The van der Waals surface area contributed by atoms with Crippen LogP contribution in [-0.4, -0.2) is 55.3 Å². The van der Waals surface area contributed by atoms with Crippen LogP contribution < -0.4 is 4.74 Å². The number of fused-ring (bicyclic) bond motifs is 2. The van der Waals surface area contributed by atoms with Crippen LogP contribution in [0.15, 0.2) is 97.1 Å². The van der Waals surface area contributed by atoms with E-state index in [1.165, 1.54) is 31.2 Å². The average molecular weight is 689 g/mol. The third-order valence-electron chi connectivity index (χ3n) is 10.0. The van der Waals surface area contributed by atoms with Crippen LogP contribution >= 0.6 is 0 Å². The van der Waals surface area contributed by atoms with E-state index in [0.29, 0.717) is 31.9 Å². The number of ether oxygens (including phenoxy) is 2. The Hall–Kier alpha value is -4.26. The zero-order valence-electron chi connectivity index (χ0n) is 31.1. The molecule has 0 aliphatic carbocycles. The van der Waals surface area contributed by atoms with Crippen LogP contribution in [0.1, 0.15) is 99.3 Å². The lowest BCUT2D eigenvalue weighted by molar-refractivity contribution is -0.143. The third kappa shape index (κ3) is 9.96. The van der Waals surface area contributed by atoms with Gasteiger partial charge in [-0.3, -0.25) is 4.79 Å². The van der Waals surface area contributed by atoms with E-state index in [-0.39, 0.29) is 5.97 Å². The van der Waals surface area contributed by atoms with Crippen LogP contribution in [0.2, 0.25) is 0 Å². The fraction of sp³-hybridized carbons (Fsp3) is 0.422. The standard InChI is InChI=1S/C45H56N2O4/c1-5-6-7-8-9-13-26-42(48)51-31-17-16-19-34-27-28-41-37(32-34)33-39(44(46-41)50-4)43(36-21-11-10-12-22-36)45(49,29-30-47(2)3)40-25-18-23-35-20-14-15-24-38(35)40/h10-12,14-15,18,20-25,27-28,32-33,43,49H,5-9,13,16-17,19,26,29-31H2,1-4H3/t43-,45-/m1/s1. The minimum Gasteiger partial charge on any atom is -0.481 e. The molecule has 270 valence electrons. The predicted molar refractivity (Wildman–Crippen MR) is 209 cm³/mol. The number of hydrogen-bond acceptors (Lipinski definition) is 6. The summed E-state index contributed by atoms with van der Waals surface area (Å²) in [6.07, 6.45) is 10.6. The zero-order valence-corrected chi connectivity index (χ0v) is 31.1. The van der Waals surface area contributed by atoms with Crippen molar-refractivity contribution in [2.45, 2.75) is 89.1 Å². The number of benzene rings is 4. The largest absolute Gasteiger partial charge is 0.481 e. The van der Waals surface area contributed by atoms with Crippen molar-refractivity contribution >= 4 is 27.6 Å². The monoisotopic (exact) mass is 688 g/mol. The fourth-order valence-corrected chi connectivity index (χ4v) is 7.28. The number of methoxy groups -OCH3 is 1. The second-order valence-electron chi connectivity index (χ2n) is 14.2. The number of carbonyl (C=O) groups excluding carboxylic acids is 1. The van der Waals surface area contributed by atoms with Gasteiger partial charge in [0.25, 0.3) is 0 Å². The number of nitrogens with zero attached hydrogens (tertiary/aromatic N) is 2. The van der Waals surface area contributed by atoms with Crippen LogP contribution in [0.25, 0.3) is 21.7 Å². The van der Waals surface area contributed by atoms with E-state index in [2.05, 4.69) is 72.5 Å². The van der Waals surface area contributed by atoms with Crippen molar-refractivity contribution in [2.75, 3.05) is 34.4 Å². The highest BCUT2D eigenvalue weighted by Gasteiger charge is 2.43. The van der Waals surface area contributed by atoms with Crippen molar-refractivity contribution in [3.8, 4) is 5.88 Å². The van der Waals surface area contributed by atoms with Gasteiger partial charge in [0.05, 0.1) is 19.2 Å². The maximum absolute atomic E-state index is 13.3. The lowest BCUT2D eigenvalue weighted by Crippen LogP contribution is -2.38. The van der Waals surface area contributed by atoms with E-state index >= 15 is 0 Å². The Labute approximate surface area is 304 Å². The molecule has 0 saturated carbocycles. The number of aromatic nitrogens is 1. The van der Waals surface area contributed by atoms with Crippen LogP contribution in [0.4, 0.5) is 0 Å². The Morgan fingerprint density at radius 2 is 1.57 bits per heavy atom. The average Bonchev–Trinajstić information content (AvgIpc) is 3.15. The highest BCUT2D eigenvalue weighted by Crippen LogP contribution is 2.49. The lowest BCUT2D eigenvalue weighted by Gasteiger charge is -2.39. The molecular formula is C45H56N2O4. The van der Waals surface area contributed by atoms with Gasteiger partial charge in [0, 0.05) is 29.8 Å². The first-order valence-corrected chi connectivity index (χ1v) is 18.9. The van der Waals surface area contributed by atoms with Crippen molar-refractivity contribution in [1.29, 1.82) is 0 Å². The van der Waals surface area contributed by atoms with Crippen LogP contribution in [-0.2, 0) is 21.6 Å². The summed E-state index contributed by atoms with van der Waals surface area (Å²) in [5.74, 6) is -0.0351. The van der Waals surface area contributed by atoms with Crippen LogP contribution in [0, 0.1) is 0 Å². The summed E-state index contributed by atoms with van der Waals surface area (Å²) in [5, 5.41) is 16.4. The lowest BCUT2D eigenvalue weighted by atomic mass is 9.70. The molecule has 1 N–H and O–H groups in total. The van der Waals surface area contributed by atoms with Gasteiger partial charge in [0.1, 0.15) is 5.60 Å². The first-order valence-electron chi connectivity index (χ1n) is 18.9. The van der Waals surface area contributed by atoms with Crippen molar-refractivity contribution in [2.24, 2.45) is 0 Å². The molecule has 0 amide bonds. The number of rotatable bonds is 20. The van der Waals surface area contributed by atoms with Crippen molar-refractivity contribution < 1.29 is 19.4 Å². The molecule has 6 nitrogen and oxygen atoms in total. The summed E-state index contributed by atoms with van der Waals surface area (Å²) in [5.41, 5.74) is 3.48. The Bertz CT molecular complexity index is 1830. The third-order valence-corrected chi connectivity index (χ3v) is 10.0. The Morgan fingerprint density at radius 3 is 2.35 bits per heavy atom. The van der Waals surface area contributed by atoms with E-state index in [9.17, 15) is 9.90 Å². The molecule has 0 radical (unpaired) electrons. The zero-order chi connectivity index (χ0) is 36.1. The maximum atomic E-state index is 13.3. The molecule has 6 heteroatoms. The SMILES string of the molecule is CCCCCCCCC(=O)OCCCCc1ccc2nc(OC)c([C@@H](c3ccccc3)[C@@](O)(CCN(C)C)c3cccc4ccccc34)cc2c1. The molecule has 0 unspecified atom stereocenters. The minimum absolute atomic E-state index is 0.0780. The van der Waals surface area contributed by atoms with Gasteiger partial charge in [0.15, 0.2) is 0 Å². The summed E-state index contributed by atoms with van der Waals surface area (Å²) >= 11 is 0. The summed E-state index contributed by atoms with van der Waals surface area (Å²) in [6, 6.07) is 33.3. The second-order valence-corrected chi connectivity index (χ2v) is 14.2. The molecule has 4 aromatic carbocycles. The maximum Gasteiger partial charge on any atom is 0.305 e. The Balaban J connectivity index is 1.41. The number of hydrogen-bond donors (Lipinski definition) is 1. The number of aryl methyl sites for hydroxylation is 1. The molecule has 0 saturated heterocycles. The number of aliphatic hydroxyl groups is 1. The van der Waals surface area contributed by atoms with Gasteiger partial charge in [-0.1, -0.05) is 118 Å². The molecule has 1 heterocycles. The molecule has 5 aromatic rings. The predicted octanol–water partition coefficient (Wildman–Crippen LogP) is 9.98. The molecule has 51 heavy (non-hydrogen) atoms. The van der Waals surface area contributed by atoms with Gasteiger partial charge in [-0.05, 0) is 91.9 Å². The first-order chi connectivity index (χ1) is 24.8. The van der Waals surface area contributed by atoms with Gasteiger partial charge >= 0.3 is 5.97 Å². The van der Waals surface area contributed by atoms with Gasteiger partial charge in [0.2, 0.25) is 5.88 Å². The second kappa shape index (κ2) is 18.8. The normalized spacial score (nSPS) is 13.4. The number of carbonyl (C=O) groups is 1. The van der Waals surface area contributed by atoms with Crippen molar-refractivity contribution in [1.82, 2.24) is 9.88 Å². The first kappa shape index (κ1) is 38.0. The fourth-order valence-electron chi connectivity index (χ4n) is 7.28. The summed E-state index contributed by atoms with van der Waals surface area (Å²) < 4.78 is 11.5. The molecule has 0 aliphatic heterocycles.